The van der Waals surface area contributed by atoms with Gasteiger partial charge in [-0.05, 0) is 12.1 Å². The number of esters is 1. The lowest BCUT2D eigenvalue weighted by atomic mass is 10.1. The summed E-state index contributed by atoms with van der Waals surface area (Å²) in [5, 5.41) is 19.4. The molecular weight excluding hydrogens is 220 g/mol. The van der Waals surface area contributed by atoms with Crippen molar-refractivity contribution < 1.29 is 19.7 Å². The Morgan fingerprint density at radius 1 is 1.60 bits per heavy atom. The van der Waals surface area contributed by atoms with Crippen LogP contribution in [-0.4, -0.2) is 23.3 Å². The Morgan fingerprint density at radius 2 is 2.27 bits per heavy atom. The number of methoxy groups -OCH3 is 1. The SMILES string of the molecule is COC(=O)C[C@H](O)c1ccc(Cl)cc1O. The highest BCUT2D eigenvalue weighted by Crippen LogP contribution is 2.29. The van der Waals surface area contributed by atoms with Crippen molar-refractivity contribution in [3.05, 3.63) is 28.8 Å². The molecule has 0 amide bonds. The second-order valence-corrected chi connectivity index (χ2v) is 3.44. The second-order valence-electron chi connectivity index (χ2n) is 3.00. The van der Waals surface area contributed by atoms with Crippen molar-refractivity contribution in [2.45, 2.75) is 12.5 Å². The number of hydrogen-bond donors (Lipinski definition) is 2. The molecule has 1 aromatic carbocycles. The van der Waals surface area contributed by atoms with Crippen molar-refractivity contribution in [2.24, 2.45) is 0 Å². The molecule has 0 saturated carbocycles. The van der Waals surface area contributed by atoms with Crippen molar-refractivity contribution >= 4 is 17.6 Å². The van der Waals surface area contributed by atoms with Crippen LogP contribution in [0.5, 0.6) is 5.75 Å². The predicted molar refractivity (Wildman–Crippen MR) is 54.7 cm³/mol. The summed E-state index contributed by atoms with van der Waals surface area (Å²) in [6.45, 7) is 0. The van der Waals surface area contributed by atoms with Gasteiger partial charge in [-0.2, -0.15) is 0 Å². The molecular formula is C10H11ClO4. The van der Waals surface area contributed by atoms with Gasteiger partial charge in [0.15, 0.2) is 0 Å². The fourth-order valence-electron chi connectivity index (χ4n) is 1.15. The monoisotopic (exact) mass is 230 g/mol. The molecule has 0 aliphatic carbocycles. The third kappa shape index (κ3) is 3.11. The van der Waals surface area contributed by atoms with E-state index in [0.717, 1.165) is 0 Å². The number of carbonyl (C=O) groups is 1. The second kappa shape index (κ2) is 5.00. The van der Waals surface area contributed by atoms with Gasteiger partial charge in [0.1, 0.15) is 5.75 Å². The van der Waals surface area contributed by atoms with Crippen molar-refractivity contribution in [1.29, 1.82) is 0 Å². The van der Waals surface area contributed by atoms with Crippen LogP contribution in [0.3, 0.4) is 0 Å². The summed E-state index contributed by atoms with van der Waals surface area (Å²) < 4.78 is 4.40. The Balaban J connectivity index is 2.82. The van der Waals surface area contributed by atoms with Crippen LogP contribution in [0.2, 0.25) is 5.02 Å². The average molecular weight is 231 g/mol. The van der Waals surface area contributed by atoms with E-state index < -0.39 is 12.1 Å². The summed E-state index contributed by atoms with van der Waals surface area (Å²) in [6, 6.07) is 4.29. The lowest BCUT2D eigenvalue weighted by Gasteiger charge is -2.11. The van der Waals surface area contributed by atoms with Gasteiger partial charge in [-0.1, -0.05) is 17.7 Å². The van der Waals surface area contributed by atoms with Crippen LogP contribution in [0.15, 0.2) is 18.2 Å². The van der Waals surface area contributed by atoms with Gasteiger partial charge in [-0.15, -0.1) is 0 Å². The molecule has 5 heteroatoms. The summed E-state index contributed by atoms with van der Waals surface area (Å²) in [7, 11) is 1.23. The van der Waals surface area contributed by atoms with E-state index in [9.17, 15) is 15.0 Å². The minimum absolute atomic E-state index is 0.140. The van der Waals surface area contributed by atoms with Crippen LogP contribution >= 0.6 is 11.6 Å². The molecule has 0 fully saturated rings. The molecule has 0 aromatic heterocycles. The number of halogens is 1. The smallest absolute Gasteiger partial charge is 0.308 e. The maximum atomic E-state index is 10.9. The molecule has 1 atom stereocenters. The zero-order chi connectivity index (χ0) is 11.4. The molecule has 2 N–H and O–H groups in total. The average Bonchev–Trinajstić information content (AvgIpc) is 2.17. The Morgan fingerprint density at radius 3 is 2.80 bits per heavy atom. The van der Waals surface area contributed by atoms with E-state index in [0.29, 0.717) is 5.02 Å². The molecule has 0 aliphatic rings. The fraction of sp³-hybridized carbons (Fsp3) is 0.300. The number of hydrogen-bond acceptors (Lipinski definition) is 4. The Hall–Kier alpha value is -1.26. The lowest BCUT2D eigenvalue weighted by molar-refractivity contribution is -0.142. The molecule has 0 radical (unpaired) electrons. The highest BCUT2D eigenvalue weighted by Gasteiger charge is 2.16. The van der Waals surface area contributed by atoms with Gasteiger partial charge < -0.3 is 14.9 Å². The summed E-state index contributed by atoms with van der Waals surface area (Å²) >= 11 is 5.62. The third-order valence-corrected chi connectivity index (χ3v) is 2.17. The largest absolute Gasteiger partial charge is 0.508 e. The first-order chi connectivity index (χ1) is 7.04. The standard InChI is InChI=1S/C10H11ClO4/c1-15-10(14)5-9(13)7-3-2-6(11)4-8(7)12/h2-4,9,12-13H,5H2,1H3/t9-/m0/s1. The number of phenolic OH excluding ortho intramolecular Hbond substituents is 1. The normalized spacial score (nSPS) is 12.2. The van der Waals surface area contributed by atoms with Crippen molar-refractivity contribution in [3.63, 3.8) is 0 Å². The van der Waals surface area contributed by atoms with Gasteiger partial charge >= 0.3 is 5.97 Å². The number of rotatable bonds is 3. The van der Waals surface area contributed by atoms with E-state index >= 15 is 0 Å². The summed E-state index contributed by atoms with van der Waals surface area (Å²) in [4.78, 5) is 10.9. The molecule has 0 heterocycles. The Kier molecular flexibility index (Phi) is 3.94. The molecule has 82 valence electrons. The van der Waals surface area contributed by atoms with Crippen LogP contribution in [0, 0.1) is 0 Å². The first-order valence-corrected chi connectivity index (χ1v) is 4.65. The van der Waals surface area contributed by atoms with E-state index in [-0.39, 0.29) is 17.7 Å². The number of aliphatic hydroxyl groups excluding tert-OH is 1. The molecule has 0 bridgehead atoms. The molecule has 1 rings (SSSR count). The van der Waals surface area contributed by atoms with E-state index in [1.165, 1.54) is 25.3 Å². The summed E-state index contributed by atoms with van der Waals surface area (Å²) in [5.74, 6) is -0.684. The van der Waals surface area contributed by atoms with Crippen LogP contribution in [0.25, 0.3) is 0 Å². The van der Waals surface area contributed by atoms with Crippen molar-refractivity contribution in [3.8, 4) is 5.75 Å². The molecule has 0 aliphatic heterocycles. The minimum Gasteiger partial charge on any atom is -0.508 e. The van der Waals surface area contributed by atoms with Crippen LogP contribution < -0.4 is 0 Å². The predicted octanol–water partition coefficient (Wildman–Crippen LogP) is 1.64. The fourth-order valence-corrected chi connectivity index (χ4v) is 1.32. The first-order valence-electron chi connectivity index (χ1n) is 4.28. The molecule has 0 unspecified atom stereocenters. The first kappa shape index (κ1) is 11.8. The molecule has 4 nitrogen and oxygen atoms in total. The number of benzene rings is 1. The van der Waals surface area contributed by atoms with Crippen molar-refractivity contribution in [2.75, 3.05) is 7.11 Å². The maximum Gasteiger partial charge on any atom is 0.308 e. The molecule has 15 heavy (non-hydrogen) atoms. The maximum absolute atomic E-state index is 10.9. The van der Waals surface area contributed by atoms with Gasteiger partial charge in [0.25, 0.3) is 0 Å². The Bertz CT molecular complexity index is 364. The molecule has 0 spiro atoms. The van der Waals surface area contributed by atoms with E-state index in [1.807, 2.05) is 0 Å². The van der Waals surface area contributed by atoms with Gasteiger partial charge in [0, 0.05) is 10.6 Å². The lowest BCUT2D eigenvalue weighted by Crippen LogP contribution is -2.08. The van der Waals surface area contributed by atoms with E-state index in [4.69, 9.17) is 11.6 Å². The number of phenols is 1. The van der Waals surface area contributed by atoms with Crippen LogP contribution in [-0.2, 0) is 9.53 Å². The topological polar surface area (TPSA) is 66.8 Å². The molecule has 1 aromatic rings. The van der Waals surface area contributed by atoms with Gasteiger partial charge in [0.05, 0.1) is 19.6 Å². The van der Waals surface area contributed by atoms with Crippen LogP contribution in [0.4, 0.5) is 0 Å². The van der Waals surface area contributed by atoms with Gasteiger partial charge in [-0.25, -0.2) is 0 Å². The Labute approximate surface area is 92.1 Å². The summed E-state index contributed by atoms with van der Waals surface area (Å²) in [5.41, 5.74) is 0.254. The highest BCUT2D eigenvalue weighted by molar-refractivity contribution is 6.30. The summed E-state index contributed by atoms with van der Waals surface area (Å²) in [6.07, 6.45) is -1.29. The number of aliphatic hydroxyl groups is 1. The third-order valence-electron chi connectivity index (χ3n) is 1.94. The number of aromatic hydroxyl groups is 1. The van der Waals surface area contributed by atoms with Gasteiger partial charge in [-0.3, -0.25) is 4.79 Å². The van der Waals surface area contributed by atoms with E-state index in [1.54, 1.807) is 0 Å². The zero-order valence-corrected chi connectivity index (χ0v) is 8.86. The zero-order valence-electron chi connectivity index (χ0n) is 8.11. The van der Waals surface area contributed by atoms with Crippen LogP contribution in [0.1, 0.15) is 18.1 Å². The van der Waals surface area contributed by atoms with Crippen molar-refractivity contribution in [1.82, 2.24) is 0 Å². The van der Waals surface area contributed by atoms with E-state index in [2.05, 4.69) is 4.74 Å². The number of carbonyl (C=O) groups excluding carboxylic acids is 1. The molecule has 0 saturated heterocycles. The van der Waals surface area contributed by atoms with Gasteiger partial charge in [0.2, 0.25) is 0 Å². The minimum atomic E-state index is -1.09. The quantitative estimate of drug-likeness (QED) is 0.775. The highest BCUT2D eigenvalue weighted by atomic mass is 35.5. The number of ether oxygens (including phenoxy) is 1.